The Kier molecular flexibility index (Phi) is 4.02. The zero-order chi connectivity index (χ0) is 13.3. The molecule has 1 fully saturated rings. The fraction of sp³-hybridized carbons (Fsp3) is 0.538. The second kappa shape index (κ2) is 5.21. The lowest BCUT2D eigenvalue weighted by atomic mass is 9.76. The van der Waals surface area contributed by atoms with E-state index in [9.17, 15) is 13.2 Å². The minimum Gasteiger partial charge on any atom is -0.378 e. The van der Waals surface area contributed by atoms with Gasteiger partial charge in [0.25, 0.3) is 0 Å². The molecule has 1 aliphatic rings. The van der Waals surface area contributed by atoms with Gasteiger partial charge in [0.2, 0.25) is 0 Å². The van der Waals surface area contributed by atoms with Crippen molar-refractivity contribution in [3.05, 3.63) is 35.1 Å². The van der Waals surface area contributed by atoms with Gasteiger partial charge in [-0.25, -0.2) is 13.2 Å². The molecule has 0 saturated heterocycles. The highest BCUT2D eigenvalue weighted by molar-refractivity contribution is 9.09. The predicted octanol–water partition coefficient (Wildman–Crippen LogP) is 4.50. The van der Waals surface area contributed by atoms with Crippen LogP contribution in [-0.4, -0.2) is 12.7 Å². The van der Waals surface area contributed by atoms with E-state index in [4.69, 9.17) is 4.74 Å². The summed E-state index contributed by atoms with van der Waals surface area (Å²) in [6.07, 6.45) is 3.30. The van der Waals surface area contributed by atoms with Crippen LogP contribution in [0.5, 0.6) is 0 Å². The molecule has 0 spiro atoms. The molecule has 1 unspecified atom stereocenters. The molecule has 0 radical (unpaired) electrons. The van der Waals surface area contributed by atoms with Crippen LogP contribution in [0, 0.1) is 17.5 Å². The Balaban J connectivity index is 2.21. The van der Waals surface area contributed by atoms with E-state index in [1.807, 2.05) is 0 Å². The van der Waals surface area contributed by atoms with E-state index in [-0.39, 0.29) is 11.2 Å². The average Bonchev–Trinajstić information content (AvgIpc) is 2.21. The van der Waals surface area contributed by atoms with Crippen molar-refractivity contribution in [2.45, 2.75) is 36.1 Å². The van der Waals surface area contributed by atoms with E-state index in [0.717, 1.165) is 19.3 Å². The first-order chi connectivity index (χ1) is 8.47. The van der Waals surface area contributed by atoms with Crippen LogP contribution in [0.15, 0.2) is 12.1 Å². The fourth-order valence-electron chi connectivity index (χ4n) is 2.34. The maximum absolute atomic E-state index is 13.6. The monoisotopic (exact) mass is 322 g/mol. The Bertz CT molecular complexity index is 417. The van der Waals surface area contributed by atoms with Crippen molar-refractivity contribution in [1.82, 2.24) is 0 Å². The quantitative estimate of drug-likeness (QED) is 0.742. The maximum Gasteiger partial charge on any atom is 0.133 e. The molecule has 1 aliphatic carbocycles. The first-order valence-electron chi connectivity index (χ1n) is 5.81. The third-order valence-electron chi connectivity index (χ3n) is 3.61. The van der Waals surface area contributed by atoms with Gasteiger partial charge in [-0.1, -0.05) is 15.9 Å². The van der Waals surface area contributed by atoms with Gasteiger partial charge < -0.3 is 4.74 Å². The van der Waals surface area contributed by atoms with Gasteiger partial charge in [-0.05, 0) is 25.7 Å². The highest BCUT2D eigenvalue weighted by Gasteiger charge is 2.39. The second-order valence-electron chi connectivity index (χ2n) is 4.70. The Labute approximate surface area is 112 Å². The zero-order valence-electron chi connectivity index (χ0n) is 9.98. The van der Waals surface area contributed by atoms with Gasteiger partial charge >= 0.3 is 0 Å². The van der Waals surface area contributed by atoms with Crippen molar-refractivity contribution in [2.75, 3.05) is 7.11 Å². The van der Waals surface area contributed by atoms with Gasteiger partial charge in [0.05, 0.1) is 5.60 Å². The summed E-state index contributed by atoms with van der Waals surface area (Å²) in [6, 6.07) is 1.40. The summed E-state index contributed by atoms with van der Waals surface area (Å²) in [7, 11) is 1.61. The Hall–Kier alpha value is -0.550. The van der Waals surface area contributed by atoms with Gasteiger partial charge in [0.1, 0.15) is 17.5 Å². The lowest BCUT2D eigenvalue weighted by Crippen LogP contribution is -2.40. The third kappa shape index (κ3) is 2.57. The number of methoxy groups -OCH3 is 1. The molecular formula is C13H14BrF3O. The van der Waals surface area contributed by atoms with Crippen LogP contribution in [0.3, 0.4) is 0 Å². The molecule has 1 aromatic rings. The largest absolute Gasteiger partial charge is 0.378 e. The average molecular weight is 323 g/mol. The molecule has 100 valence electrons. The molecule has 1 atom stereocenters. The summed E-state index contributed by atoms with van der Waals surface area (Å²) in [5.74, 6) is -2.63. The number of ether oxygens (including phenoxy) is 1. The van der Waals surface area contributed by atoms with Crippen molar-refractivity contribution in [2.24, 2.45) is 0 Å². The number of hydrogen-bond donors (Lipinski definition) is 0. The van der Waals surface area contributed by atoms with Crippen molar-refractivity contribution in [3.8, 4) is 0 Å². The molecule has 0 bridgehead atoms. The lowest BCUT2D eigenvalue weighted by Gasteiger charge is -2.42. The zero-order valence-corrected chi connectivity index (χ0v) is 11.6. The van der Waals surface area contributed by atoms with Crippen molar-refractivity contribution >= 4 is 15.9 Å². The lowest BCUT2D eigenvalue weighted by molar-refractivity contribution is -0.0775. The number of rotatable bonds is 4. The predicted molar refractivity (Wildman–Crippen MR) is 66.2 cm³/mol. The molecule has 0 N–H and O–H groups in total. The van der Waals surface area contributed by atoms with Crippen LogP contribution in [0.4, 0.5) is 13.2 Å². The van der Waals surface area contributed by atoms with Gasteiger partial charge in [-0.3, -0.25) is 0 Å². The number of hydrogen-bond acceptors (Lipinski definition) is 1. The Morgan fingerprint density at radius 1 is 1.28 bits per heavy atom. The van der Waals surface area contributed by atoms with Gasteiger partial charge in [0, 0.05) is 29.6 Å². The molecule has 0 aromatic heterocycles. The summed E-state index contributed by atoms with van der Waals surface area (Å²) in [6.45, 7) is 0. The minimum absolute atomic E-state index is 0.125. The molecule has 1 saturated carbocycles. The fourth-order valence-corrected chi connectivity index (χ4v) is 3.37. The molecule has 5 heteroatoms. The van der Waals surface area contributed by atoms with E-state index >= 15 is 0 Å². The summed E-state index contributed by atoms with van der Waals surface area (Å²) in [4.78, 5) is -0.515. The molecule has 2 rings (SSSR count). The molecule has 0 aliphatic heterocycles. The highest BCUT2D eigenvalue weighted by atomic mass is 79.9. The number of benzene rings is 1. The van der Waals surface area contributed by atoms with Crippen LogP contribution in [0.2, 0.25) is 0 Å². The van der Waals surface area contributed by atoms with Crippen molar-refractivity contribution in [3.63, 3.8) is 0 Å². The first kappa shape index (κ1) is 13.9. The molecule has 1 aromatic carbocycles. The van der Waals surface area contributed by atoms with Crippen LogP contribution in [0.1, 0.15) is 36.1 Å². The van der Waals surface area contributed by atoms with Gasteiger partial charge in [0.15, 0.2) is 0 Å². The summed E-state index contributed by atoms with van der Waals surface area (Å²) in [5, 5.41) is 0. The topological polar surface area (TPSA) is 9.23 Å². The minimum atomic E-state index is -0.904. The van der Waals surface area contributed by atoms with Crippen LogP contribution < -0.4 is 0 Å². The maximum atomic E-state index is 13.6. The molecule has 0 amide bonds. The van der Waals surface area contributed by atoms with Crippen LogP contribution in [0.25, 0.3) is 0 Å². The Morgan fingerprint density at radius 3 is 2.22 bits per heavy atom. The number of halogens is 4. The Morgan fingerprint density at radius 2 is 1.83 bits per heavy atom. The SMILES string of the molecule is COC1(CC(Br)c2c(F)cc(F)cc2F)CCC1. The standard InChI is InChI=1S/C13H14BrF3O/c1-18-13(3-2-4-13)7-9(14)12-10(16)5-8(15)6-11(12)17/h5-6,9H,2-4,7H2,1H3. The smallest absolute Gasteiger partial charge is 0.133 e. The third-order valence-corrected chi connectivity index (χ3v) is 4.39. The normalized spacial score (nSPS) is 19.4. The molecular weight excluding hydrogens is 309 g/mol. The van der Waals surface area contributed by atoms with Crippen LogP contribution >= 0.6 is 15.9 Å². The van der Waals surface area contributed by atoms with Crippen molar-refractivity contribution < 1.29 is 17.9 Å². The van der Waals surface area contributed by atoms with E-state index in [0.29, 0.717) is 18.6 Å². The molecule has 0 heterocycles. The second-order valence-corrected chi connectivity index (χ2v) is 5.80. The van der Waals surface area contributed by atoms with Crippen LogP contribution in [-0.2, 0) is 4.74 Å². The van der Waals surface area contributed by atoms with E-state index in [1.54, 1.807) is 7.11 Å². The van der Waals surface area contributed by atoms with Gasteiger partial charge in [-0.15, -0.1) is 0 Å². The first-order valence-corrected chi connectivity index (χ1v) is 6.73. The summed E-state index contributed by atoms with van der Waals surface area (Å²) >= 11 is 3.28. The van der Waals surface area contributed by atoms with Crippen molar-refractivity contribution in [1.29, 1.82) is 0 Å². The van der Waals surface area contributed by atoms with E-state index in [2.05, 4.69) is 15.9 Å². The van der Waals surface area contributed by atoms with E-state index < -0.39 is 22.3 Å². The molecule has 18 heavy (non-hydrogen) atoms. The molecule has 1 nitrogen and oxygen atoms in total. The highest BCUT2D eigenvalue weighted by Crippen LogP contribution is 2.45. The van der Waals surface area contributed by atoms with Gasteiger partial charge in [-0.2, -0.15) is 0 Å². The summed E-state index contributed by atoms with van der Waals surface area (Å²) in [5.41, 5.74) is -0.429. The van der Waals surface area contributed by atoms with E-state index in [1.165, 1.54) is 0 Å². The number of alkyl halides is 1. The summed E-state index contributed by atoms with van der Waals surface area (Å²) < 4.78 is 45.5.